The summed E-state index contributed by atoms with van der Waals surface area (Å²) < 4.78 is 6.53. The molecule has 1 unspecified atom stereocenters. The third-order valence-electron chi connectivity index (χ3n) is 3.78. The summed E-state index contributed by atoms with van der Waals surface area (Å²) in [6.45, 7) is 0. The van der Waals surface area contributed by atoms with Gasteiger partial charge in [-0.25, -0.2) is 0 Å². The van der Waals surface area contributed by atoms with E-state index in [4.69, 9.17) is 10.5 Å². The Bertz CT molecular complexity index is 839. The first kappa shape index (κ1) is 15.4. The van der Waals surface area contributed by atoms with E-state index in [1.807, 2.05) is 43.3 Å². The molecule has 0 aliphatic carbocycles. The first-order valence-corrected chi connectivity index (χ1v) is 7.80. The van der Waals surface area contributed by atoms with Crippen molar-refractivity contribution in [3.8, 4) is 11.8 Å². The van der Waals surface area contributed by atoms with E-state index < -0.39 is 0 Å². The number of benzene rings is 1. The molecule has 0 spiro atoms. The number of fused-ring (bicyclic) bond motifs is 1. The van der Waals surface area contributed by atoms with Gasteiger partial charge in [0.05, 0.1) is 5.92 Å². The summed E-state index contributed by atoms with van der Waals surface area (Å²) in [6, 6.07) is 10.0. The van der Waals surface area contributed by atoms with E-state index in [-0.39, 0.29) is 11.8 Å². The molecule has 1 aliphatic heterocycles. The van der Waals surface area contributed by atoms with E-state index >= 15 is 0 Å². The summed E-state index contributed by atoms with van der Waals surface area (Å²) in [6.07, 6.45) is 3.45. The van der Waals surface area contributed by atoms with Gasteiger partial charge >= 0.3 is 0 Å². The van der Waals surface area contributed by atoms with E-state index in [9.17, 15) is 5.26 Å². The fraction of sp³-hybridized carbons (Fsp3) is 0.176. The summed E-state index contributed by atoms with van der Waals surface area (Å²) in [5.74, 6) is 0.517. The number of hydrogen-bond donors (Lipinski definition) is 1. The number of nitriles is 1. The van der Waals surface area contributed by atoms with Gasteiger partial charge in [0.15, 0.2) is 0 Å². The van der Waals surface area contributed by atoms with Gasteiger partial charge in [0, 0.05) is 48.3 Å². The first-order valence-electron chi connectivity index (χ1n) is 7.00. The van der Waals surface area contributed by atoms with Gasteiger partial charge in [0.2, 0.25) is 5.88 Å². The lowest BCUT2D eigenvalue weighted by Crippen LogP contribution is -2.21. The number of halogens is 1. The number of rotatable bonds is 2. The fourth-order valence-corrected chi connectivity index (χ4v) is 3.03. The zero-order valence-corrected chi connectivity index (χ0v) is 14.3. The number of pyridine rings is 1. The maximum Gasteiger partial charge on any atom is 0.205 e. The van der Waals surface area contributed by atoms with Crippen molar-refractivity contribution in [1.82, 2.24) is 4.98 Å². The summed E-state index contributed by atoms with van der Waals surface area (Å²) in [4.78, 5) is 6.19. The second kappa shape index (κ2) is 5.94. The highest BCUT2D eigenvalue weighted by Gasteiger charge is 2.31. The lowest BCUT2D eigenvalue weighted by molar-refractivity contribution is 0.393. The molecule has 2 N–H and O–H groups in total. The Morgan fingerprint density at radius 1 is 1.30 bits per heavy atom. The van der Waals surface area contributed by atoms with E-state index in [0.29, 0.717) is 11.3 Å². The molecule has 1 aliphatic rings. The van der Waals surface area contributed by atoms with Gasteiger partial charge in [0.1, 0.15) is 17.4 Å². The zero-order chi connectivity index (χ0) is 16.6. The van der Waals surface area contributed by atoms with Crippen molar-refractivity contribution in [2.75, 3.05) is 19.0 Å². The minimum atomic E-state index is -0.287. The Labute approximate surface area is 143 Å². The van der Waals surface area contributed by atoms with Gasteiger partial charge < -0.3 is 15.4 Å². The molecular formula is C17H15BrN4O. The molecule has 0 radical (unpaired) electrons. The molecule has 23 heavy (non-hydrogen) atoms. The predicted molar refractivity (Wildman–Crippen MR) is 92.0 cm³/mol. The van der Waals surface area contributed by atoms with Crippen LogP contribution in [-0.4, -0.2) is 19.1 Å². The molecule has 1 aromatic carbocycles. The number of allylic oxidation sites excluding steroid dienone is 1. The summed E-state index contributed by atoms with van der Waals surface area (Å²) in [5.41, 5.74) is 9.18. The van der Waals surface area contributed by atoms with Crippen LogP contribution in [0.2, 0.25) is 0 Å². The lowest BCUT2D eigenvalue weighted by Gasteiger charge is -2.27. The summed E-state index contributed by atoms with van der Waals surface area (Å²) in [7, 11) is 3.92. The Morgan fingerprint density at radius 3 is 2.74 bits per heavy atom. The predicted octanol–water partition coefficient (Wildman–Crippen LogP) is 3.13. The van der Waals surface area contributed by atoms with Crippen LogP contribution in [0.4, 0.5) is 5.69 Å². The normalized spacial score (nSPS) is 16.3. The summed E-state index contributed by atoms with van der Waals surface area (Å²) >= 11 is 3.43. The Morgan fingerprint density at radius 2 is 2.09 bits per heavy atom. The largest absolute Gasteiger partial charge is 0.440 e. The summed E-state index contributed by atoms with van der Waals surface area (Å²) in [5, 5.41) is 9.52. The van der Waals surface area contributed by atoms with Crippen molar-refractivity contribution in [2.45, 2.75) is 5.92 Å². The maximum absolute atomic E-state index is 9.52. The SMILES string of the molecule is CN(C)c1ccc2c(c1)OC(N)=C(C#N)C2c1cncc(Br)c1. The average molecular weight is 371 g/mol. The number of nitrogens with two attached hydrogens (primary N) is 1. The number of ether oxygens (including phenoxy) is 1. The fourth-order valence-electron chi connectivity index (χ4n) is 2.65. The maximum atomic E-state index is 9.52. The molecule has 3 rings (SSSR count). The Balaban J connectivity index is 2.20. The molecule has 5 nitrogen and oxygen atoms in total. The third kappa shape index (κ3) is 2.76. The van der Waals surface area contributed by atoms with Gasteiger partial charge in [-0.3, -0.25) is 4.98 Å². The smallest absolute Gasteiger partial charge is 0.205 e. The average Bonchev–Trinajstić information content (AvgIpc) is 2.52. The van der Waals surface area contributed by atoms with E-state index in [2.05, 4.69) is 27.0 Å². The van der Waals surface area contributed by atoms with Crippen LogP contribution in [0, 0.1) is 11.3 Å². The number of anilines is 1. The molecule has 0 fully saturated rings. The van der Waals surface area contributed by atoms with E-state index in [1.165, 1.54) is 0 Å². The second-order valence-electron chi connectivity index (χ2n) is 5.48. The molecule has 0 amide bonds. The van der Waals surface area contributed by atoms with Gasteiger partial charge in [0.25, 0.3) is 0 Å². The standard InChI is InChI=1S/C17H15BrN4O/c1-22(2)12-3-4-13-15(6-12)23-17(20)14(7-19)16(13)10-5-11(18)9-21-8-10/h3-6,8-9,16H,20H2,1-2H3. The molecular weight excluding hydrogens is 356 g/mol. The molecule has 1 atom stereocenters. The van der Waals surface area contributed by atoms with Gasteiger partial charge in [-0.05, 0) is 33.6 Å². The highest BCUT2D eigenvalue weighted by molar-refractivity contribution is 9.10. The first-order chi connectivity index (χ1) is 11.0. The molecule has 116 valence electrons. The highest BCUT2D eigenvalue weighted by atomic mass is 79.9. The van der Waals surface area contributed by atoms with Gasteiger partial charge in [-0.1, -0.05) is 6.07 Å². The molecule has 1 aromatic heterocycles. The highest BCUT2D eigenvalue weighted by Crippen LogP contribution is 2.43. The van der Waals surface area contributed by atoms with Crippen LogP contribution >= 0.6 is 15.9 Å². The van der Waals surface area contributed by atoms with Crippen molar-refractivity contribution < 1.29 is 4.74 Å². The zero-order valence-electron chi connectivity index (χ0n) is 12.7. The van der Waals surface area contributed by atoms with Crippen molar-refractivity contribution in [3.63, 3.8) is 0 Å². The van der Waals surface area contributed by atoms with Crippen molar-refractivity contribution >= 4 is 21.6 Å². The number of hydrogen-bond acceptors (Lipinski definition) is 5. The third-order valence-corrected chi connectivity index (χ3v) is 4.21. The van der Waals surface area contributed by atoms with Crippen LogP contribution in [0.15, 0.2) is 52.6 Å². The molecule has 0 saturated heterocycles. The molecule has 0 saturated carbocycles. The molecule has 6 heteroatoms. The van der Waals surface area contributed by atoms with Crippen molar-refractivity contribution in [3.05, 3.63) is 63.7 Å². The Kier molecular flexibility index (Phi) is 3.97. The van der Waals surface area contributed by atoms with Crippen molar-refractivity contribution in [2.24, 2.45) is 5.73 Å². The van der Waals surface area contributed by atoms with Crippen LogP contribution < -0.4 is 15.4 Å². The topological polar surface area (TPSA) is 75.2 Å². The Hall–Kier alpha value is -2.52. The van der Waals surface area contributed by atoms with Crippen molar-refractivity contribution in [1.29, 1.82) is 5.26 Å². The van der Waals surface area contributed by atoms with Crippen LogP contribution in [0.1, 0.15) is 17.0 Å². The minimum absolute atomic E-state index is 0.140. The molecule has 0 bridgehead atoms. The van der Waals surface area contributed by atoms with Crippen LogP contribution in [0.25, 0.3) is 0 Å². The van der Waals surface area contributed by atoms with Gasteiger partial charge in [-0.15, -0.1) is 0 Å². The van der Waals surface area contributed by atoms with Crippen LogP contribution in [-0.2, 0) is 0 Å². The second-order valence-corrected chi connectivity index (χ2v) is 6.39. The van der Waals surface area contributed by atoms with E-state index in [0.717, 1.165) is 21.3 Å². The van der Waals surface area contributed by atoms with Gasteiger partial charge in [-0.2, -0.15) is 5.26 Å². The quantitative estimate of drug-likeness (QED) is 0.878. The number of nitrogens with zero attached hydrogens (tertiary/aromatic N) is 3. The molecule has 2 aromatic rings. The van der Waals surface area contributed by atoms with Crippen LogP contribution in [0.3, 0.4) is 0 Å². The molecule has 2 heterocycles. The minimum Gasteiger partial charge on any atom is -0.440 e. The van der Waals surface area contributed by atoms with Crippen LogP contribution in [0.5, 0.6) is 5.75 Å². The monoisotopic (exact) mass is 370 g/mol. The van der Waals surface area contributed by atoms with E-state index in [1.54, 1.807) is 12.4 Å². The number of aromatic nitrogens is 1. The lowest BCUT2D eigenvalue weighted by atomic mass is 9.84.